The predicted octanol–water partition coefficient (Wildman–Crippen LogP) is 3.39. The van der Waals surface area contributed by atoms with Crippen molar-refractivity contribution in [3.8, 4) is 0 Å². The van der Waals surface area contributed by atoms with Crippen molar-refractivity contribution in [3.63, 3.8) is 0 Å². The van der Waals surface area contributed by atoms with Gasteiger partial charge in [0, 0.05) is 30.9 Å². The van der Waals surface area contributed by atoms with Gasteiger partial charge in [-0.05, 0) is 30.9 Å². The number of quaternary nitrogens is 1. The summed E-state index contributed by atoms with van der Waals surface area (Å²) < 4.78 is 6.65. The number of carbonyl (C=O) groups is 1. The van der Waals surface area contributed by atoms with Gasteiger partial charge in [0.15, 0.2) is 6.23 Å². The van der Waals surface area contributed by atoms with Crippen molar-refractivity contribution in [2.75, 3.05) is 20.2 Å². The number of para-hydroxylation sites is 1. The molecule has 2 N–H and O–H groups in total. The van der Waals surface area contributed by atoms with Gasteiger partial charge in [0.25, 0.3) is 0 Å². The lowest BCUT2D eigenvalue weighted by Gasteiger charge is -2.53. The summed E-state index contributed by atoms with van der Waals surface area (Å²) in [6, 6.07) is 8.24. The van der Waals surface area contributed by atoms with E-state index in [1.165, 1.54) is 10.9 Å². The summed E-state index contributed by atoms with van der Waals surface area (Å²) in [6.07, 6.45) is 4.66. The van der Waals surface area contributed by atoms with Crippen molar-refractivity contribution in [1.29, 1.82) is 0 Å². The summed E-state index contributed by atoms with van der Waals surface area (Å²) in [5.74, 6) is -0.690. The van der Waals surface area contributed by atoms with E-state index in [0.717, 1.165) is 50.0 Å². The monoisotopic (exact) mass is 355 g/mol. The van der Waals surface area contributed by atoms with Crippen LogP contribution in [0.5, 0.6) is 0 Å². The molecule has 3 aliphatic rings. The summed E-state index contributed by atoms with van der Waals surface area (Å²) in [6.45, 7) is 3.94. The number of nitrogens with zero attached hydrogens (tertiary/aromatic N) is 1. The minimum Gasteiger partial charge on any atom is -0.476 e. The van der Waals surface area contributed by atoms with Gasteiger partial charge in [0.05, 0.1) is 24.2 Å². The van der Waals surface area contributed by atoms with Gasteiger partial charge in [-0.1, -0.05) is 25.1 Å². The minimum atomic E-state index is -0.917. The number of ether oxygens (including phenoxy) is 1. The molecule has 0 aliphatic carbocycles. The second-order valence-corrected chi connectivity index (χ2v) is 8.51. The fourth-order valence-corrected chi connectivity index (χ4v) is 6.87. The van der Waals surface area contributed by atoms with Gasteiger partial charge >= 0.3 is 5.97 Å². The number of fused-ring (bicyclic) bond motifs is 5. The minimum absolute atomic E-state index is 0.0306. The molecule has 2 aromatic rings. The average molecular weight is 355 g/mol. The lowest BCUT2D eigenvalue weighted by molar-refractivity contribution is -1.01. The molecule has 2 saturated heterocycles. The number of nitrogens with one attached hydrogen (secondary N) is 1. The largest absolute Gasteiger partial charge is 0.476 e. The van der Waals surface area contributed by atoms with Gasteiger partial charge in [-0.3, -0.25) is 4.48 Å². The van der Waals surface area contributed by atoms with Crippen molar-refractivity contribution in [1.82, 2.24) is 4.98 Å². The molecule has 5 nitrogen and oxygen atoms in total. The highest BCUT2D eigenvalue weighted by atomic mass is 16.5. The van der Waals surface area contributed by atoms with Crippen LogP contribution >= 0.6 is 0 Å². The van der Waals surface area contributed by atoms with E-state index in [0.29, 0.717) is 10.9 Å². The zero-order valence-electron chi connectivity index (χ0n) is 15.5. The molecule has 1 spiro atoms. The van der Waals surface area contributed by atoms with Gasteiger partial charge in [0.2, 0.25) is 5.54 Å². The number of benzene rings is 1. The maximum atomic E-state index is 13.0. The van der Waals surface area contributed by atoms with E-state index < -0.39 is 11.5 Å². The molecule has 2 fully saturated rings. The number of aliphatic carboxylic acids is 1. The molecule has 1 aromatic heterocycles. The van der Waals surface area contributed by atoms with Gasteiger partial charge in [-0.25, -0.2) is 4.79 Å². The van der Waals surface area contributed by atoms with Crippen LogP contribution in [-0.4, -0.2) is 47.0 Å². The fraction of sp³-hybridized carbons (Fsp3) is 0.571. The lowest BCUT2D eigenvalue weighted by Crippen LogP contribution is -2.70. The van der Waals surface area contributed by atoms with Crippen LogP contribution in [0.4, 0.5) is 0 Å². The Labute approximate surface area is 153 Å². The first-order valence-corrected chi connectivity index (χ1v) is 9.78. The standard InChI is InChI=1S/C21H26N2O3/c1-3-20-10-6-11-23(18(20)26-2)12-9-15-14-7-4-5-8-16(14)22-17(15)21(23,13-20)19(24)25/h4-5,7-8,18,22H,3,6,9-13H2,1-2H3/p+1/t18?,20-,21+,23+/m0/s1. The van der Waals surface area contributed by atoms with E-state index in [1.54, 1.807) is 7.11 Å². The van der Waals surface area contributed by atoms with Crippen LogP contribution in [0.2, 0.25) is 0 Å². The molecule has 3 aliphatic heterocycles. The third kappa shape index (κ3) is 1.58. The van der Waals surface area contributed by atoms with E-state index in [9.17, 15) is 9.90 Å². The zero-order chi connectivity index (χ0) is 18.2. The molecule has 0 radical (unpaired) electrons. The first-order valence-electron chi connectivity index (χ1n) is 9.78. The van der Waals surface area contributed by atoms with Gasteiger partial charge in [-0.15, -0.1) is 0 Å². The number of rotatable bonds is 3. The Kier molecular flexibility index (Phi) is 3.21. The van der Waals surface area contributed by atoms with Gasteiger partial charge in [0.1, 0.15) is 0 Å². The lowest BCUT2D eigenvalue weighted by atomic mass is 9.73. The van der Waals surface area contributed by atoms with E-state index >= 15 is 0 Å². The summed E-state index contributed by atoms with van der Waals surface area (Å²) in [4.78, 5) is 16.5. The first-order chi connectivity index (χ1) is 12.5. The van der Waals surface area contributed by atoms with Crippen LogP contribution < -0.4 is 0 Å². The smallest absolute Gasteiger partial charge is 0.372 e. The van der Waals surface area contributed by atoms with Crippen LogP contribution in [0.3, 0.4) is 0 Å². The van der Waals surface area contributed by atoms with Crippen molar-refractivity contribution < 1.29 is 19.1 Å². The third-order valence-electron chi connectivity index (χ3n) is 7.84. The number of hydrogen-bond donors (Lipinski definition) is 2. The second kappa shape index (κ2) is 5.11. The number of piperidine rings is 1. The molecule has 0 saturated carbocycles. The highest BCUT2D eigenvalue weighted by molar-refractivity contribution is 5.89. The SMILES string of the molecule is CC[C@]12CCC[N@@+]3(CCc4c([nH]c5ccccc45)[C@@]3(C(=O)O)C1)C2OC. The Morgan fingerprint density at radius 1 is 1.38 bits per heavy atom. The number of carboxylic acid groups (broad SMARTS) is 1. The van der Waals surface area contributed by atoms with Crippen molar-refractivity contribution in [3.05, 3.63) is 35.5 Å². The summed E-state index contributed by atoms with van der Waals surface area (Å²) in [7, 11) is 1.78. The Balaban J connectivity index is 1.85. The van der Waals surface area contributed by atoms with Crippen LogP contribution in [0.15, 0.2) is 24.3 Å². The third-order valence-corrected chi connectivity index (χ3v) is 7.84. The molecule has 26 heavy (non-hydrogen) atoms. The number of hydrogen-bond acceptors (Lipinski definition) is 2. The molecule has 1 unspecified atom stereocenters. The topological polar surface area (TPSA) is 62.3 Å². The van der Waals surface area contributed by atoms with E-state index in [2.05, 4.69) is 24.0 Å². The first kappa shape index (κ1) is 16.3. The molecule has 2 bridgehead atoms. The molecular formula is C21H27N2O3+. The van der Waals surface area contributed by atoms with Crippen molar-refractivity contribution >= 4 is 16.9 Å². The van der Waals surface area contributed by atoms with Crippen LogP contribution in [0, 0.1) is 5.41 Å². The molecule has 0 amide bonds. The molecule has 4 atom stereocenters. The number of H-pyrrole nitrogens is 1. The average Bonchev–Trinajstić information content (AvgIpc) is 3.09. The normalized spacial score (nSPS) is 38.2. The zero-order valence-corrected chi connectivity index (χ0v) is 15.5. The van der Waals surface area contributed by atoms with E-state index in [4.69, 9.17) is 4.74 Å². The number of carboxylic acids is 1. The molecule has 138 valence electrons. The van der Waals surface area contributed by atoms with Crippen molar-refractivity contribution in [2.24, 2.45) is 5.41 Å². The van der Waals surface area contributed by atoms with E-state index in [-0.39, 0.29) is 11.6 Å². The maximum Gasteiger partial charge on any atom is 0.372 e. The highest BCUT2D eigenvalue weighted by Gasteiger charge is 2.77. The molecule has 5 heteroatoms. The van der Waals surface area contributed by atoms with Gasteiger partial charge < -0.3 is 14.8 Å². The highest BCUT2D eigenvalue weighted by Crippen LogP contribution is 2.65. The van der Waals surface area contributed by atoms with E-state index in [1.807, 2.05) is 12.1 Å². The van der Waals surface area contributed by atoms with Crippen molar-refractivity contribution in [2.45, 2.75) is 50.8 Å². The number of methoxy groups -OCH3 is 1. The Hall–Kier alpha value is -1.85. The predicted molar refractivity (Wildman–Crippen MR) is 98.7 cm³/mol. The van der Waals surface area contributed by atoms with Gasteiger partial charge in [-0.2, -0.15) is 0 Å². The Bertz CT molecular complexity index is 906. The summed E-state index contributed by atoms with van der Waals surface area (Å²) in [5, 5.41) is 11.8. The van der Waals surface area contributed by atoms with Crippen LogP contribution in [0.1, 0.15) is 43.9 Å². The summed E-state index contributed by atoms with van der Waals surface area (Å²) >= 11 is 0. The molecule has 1 aromatic carbocycles. The molecular weight excluding hydrogens is 328 g/mol. The number of aromatic nitrogens is 1. The molecule has 4 heterocycles. The molecule has 5 rings (SSSR count). The maximum absolute atomic E-state index is 13.0. The number of aromatic amines is 1. The van der Waals surface area contributed by atoms with Crippen LogP contribution in [-0.2, 0) is 21.5 Å². The quantitative estimate of drug-likeness (QED) is 0.830. The summed E-state index contributed by atoms with van der Waals surface area (Å²) in [5.41, 5.74) is 2.24. The Morgan fingerprint density at radius 2 is 2.19 bits per heavy atom. The second-order valence-electron chi connectivity index (χ2n) is 8.51. The Morgan fingerprint density at radius 3 is 2.92 bits per heavy atom. The van der Waals surface area contributed by atoms with Crippen LogP contribution in [0.25, 0.3) is 10.9 Å². The fourth-order valence-electron chi connectivity index (χ4n) is 6.87.